The van der Waals surface area contributed by atoms with E-state index in [4.69, 9.17) is 5.73 Å². The van der Waals surface area contributed by atoms with Gasteiger partial charge in [-0.1, -0.05) is 27.0 Å². The maximum atomic E-state index is 11.8. The van der Waals surface area contributed by atoms with E-state index in [1.807, 2.05) is 43.7 Å². The monoisotopic (exact) mass is 333 g/mol. The van der Waals surface area contributed by atoms with Crippen molar-refractivity contribution in [1.82, 2.24) is 15.2 Å². The molecular formula is C18H31N5O. The molecule has 0 aromatic rings. The lowest BCUT2D eigenvalue weighted by atomic mass is 9.80. The highest BCUT2D eigenvalue weighted by atomic mass is 16.2. The molecule has 1 aliphatic rings. The largest absolute Gasteiger partial charge is 0.320 e. The van der Waals surface area contributed by atoms with Gasteiger partial charge in [0.2, 0.25) is 0 Å². The van der Waals surface area contributed by atoms with Crippen LogP contribution in [0.3, 0.4) is 0 Å². The summed E-state index contributed by atoms with van der Waals surface area (Å²) in [5, 5.41) is 4.04. The van der Waals surface area contributed by atoms with E-state index in [1.54, 1.807) is 0 Å². The molecule has 0 bridgehead atoms. The minimum Gasteiger partial charge on any atom is -0.320 e. The molecule has 0 aromatic carbocycles. The highest BCUT2D eigenvalue weighted by Gasteiger charge is 2.29. The number of hydrogen-bond acceptors (Lipinski definition) is 5. The van der Waals surface area contributed by atoms with Crippen molar-refractivity contribution in [3.8, 4) is 0 Å². The summed E-state index contributed by atoms with van der Waals surface area (Å²) >= 11 is 0. The van der Waals surface area contributed by atoms with Crippen LogP contribution in [0.2, 0.25) is 0 Å². The summed E-state index contributed by atoms with van der Waals surface area (Å²) in [6.45, 7) is 19.6. The lowest BCUT2D eigenvalue weighted by Gasteiger charge is -2.34. The van der Waals surface area contributed by atoms with Crippen molar-refractivity contribution in [2.75, 3.05) is 20.3 Å². The topological polar surface area (TPSA) is 74.0 Å². The van der Waals surface area contributed by atoms with Gasteiger partial charge in [-0.3, -0.25) is 9.69 Å². The number of carbonyl (C=O) groups excluding carboxylic acids is 1. The number of hydrogen-bond donors (Lipinski definition) is 2. The smallest absolute Gasteiger partial charge is 0.262 e. The average Bonchev–Trinajstić information content (AvgIpc) is 2.49. The Morgan fingerprint density at radius 2 is 2.08 bits per heavy atom. The Morgan fingerprint density at radius 1 is 1.50 bits per heavy atom. The van der Waals surface area contributed by atoms with Gasteiger partial charge in [-0.05, 0) is 45.0 Å². The van der Waals surface area contributed by atoms with Gasteiger partial charge in [-0.25, -0.2) is 5.43 Å². The van der Waals surface area contributed by atoms with Crippen LogP contribution in [0.5, 0.6) is 0 Å². The fourth-order valence-corrected chi connectivity index (χ4v) is 2.92. The van der Waals surface area contributed by atoms with Crippen LogP contribution in [0, 0.1) is 5.41 Å². The first kappa shape index (κ1) is 20.1. The molecule has 0 radical (unpaired) electrons. The second-order valence-corrected chi connectivity index (χ2v) is 7.05. The molecule has 0 spiro atoms. The van der Waals surface area contributed by atoms with Crippen LogP contribution in [0.15, 0.2) is 41.2 Å². The highest BCUT2D eigenvalue weighted by molar-refractivity contribution is 5.93. The molecule has 1 rings (SSSR count). The van der Waals surface area contributed by atoms with Gasteiger partial charge in [0.25, 0.3) is 5.91 Å². The lowest BCUT2D eigenvalue weighted by Crippen LogP contribution is -2.50. The zero-order valence-electron chi connectivity index (χ0n) is 15.8. The molecule has 0 saturated carbocycles. The Balaban J connectivity index is 2.97. The first-order valence-electron chi connectivity index (χ1n) is 8.10. The molecule has 1 heterocycles. The first-order chi connectivity index (χ1) is 11.0. The first-order valence-corrected chi connectivity index (χ1v) is 8.10. The predicted octanol–water partition coefficient (Wildman–Crippen LogP) is 2.03. The molecule has 1 aliphatic heterocycles. The summed E-state index contributed by atoms with van der Waals surface area (Å²) < 4.78 is 0. The van der Waals surface area contributed by atoms with E-state index in [0.29, 0.717) is 6.67 Å². The Bertz CT molecular complexity index is 588. The molecule has 0 saturated heterocycles. The molecule has 6 nitrogen and oxygen atoms in total. The highest BCUT2D eigenvalue weighted by Crippen LogP contribution is 2.32. The van der Waals surface area contributed by atoms with Crippen molar-refractivity contribution in [2.24, 2.45) is 16.3 Å². The summed E-state index contributed by atoms with van der Waals surface area (Å²) in [5.41, 5.74) is 10.7. The maximum Gasteiger partial charge on any atom is 0.262 e. The summed E-state index contributed by atoms with van der Waals surface area (Å²) in [5.74, 6) is 0.624. The van der Waals surface area contributed by atoms with E-state index < -0.39 is 0 Å². The summed E-state index contributed by atoms with van der Waals surface area (Å²) in [6.07, 6.45) is 1.96. The number of amides is 1. The number of allylic oxidation sites excluding steroid dienone is 3. The van der Waals surface area contributed by atoms with Crippen molar-refractivity contribution < 1.29 is 4.79 Å². The van der Waals surface area contributed by atoms with Gasteiger partial charge in [0.1, 0.15) is 11.9 Å². The van der Waals surface area contributed by atoms with E-state index in [1.165, 1.54) is 0 Å². The van der Waals surface area contributed by atoms with Crippen LogP contribution in [-0.2, 0) is 4.79 Å². The molecule has 1 unspecified atom stereocenters. The number of hydrazone groups is 1. The van der Waals surface area contributed by atoms with Gasteiger partial charge in [-0.15, -0.1) is 0 Å². The van der Waals surface area contributed by atoms with Gasteiger partial charge in [-0.2, -0.15) is 5.10 Å². The van der Waals surface area contributed by atoms with Gasteiger partial charge in [0.05, 0.1) is 0 Å². The molecule has 1 amide bonds. The van der Waals surface area contributed by atoms with E-state index in [9.17, 15) is 4.79 Å². The summed E-state index contributed by atoms with van der Waals surface area (Å²) in [4.78, 5) is 15.8. The standard InChI is InChI=1S/C18H31N5O/c1-12(14(3)18(6,7)10-22(8)11-19)9-13(2)23-15(4)17(24)21-20-16(23)5/h9,15H,1,3,10-11,19H2,2,4-8H3,(H,21,24). The average molecular weight is 333 g/mol. The molecule has 134 valence electrons. The normalized spacial score (nSPS) is 19.2. The van der Waals surface area contributed by atoms with E-state index in [-0.39, 0.29) is 17.4 Å². The third-order valence-corrected chi connectivity index (χ3v) is 4.39. The van der Waals surface area contributed by atoms with Crippen LogP contribution in [0.25, 0.3) is 0 Å². The van der Waals surface area contributed by atoms with Crippen molar-refractivity contribution >= 4 is 11.7 Å². The van der Waals surface area contributed by atoms with Crippen molar-refractivity contribution in [1.29, 1.82) is 0 Å². The third kappa shape index (κ3) is 4.55. The molecule has 3 N–H and O–H groups in total. The number of nitrogens with one attached hydrogen (secondary N) is 1. The Morgan fingerprint density at radius 3 is 2.62 bits per heavy atom. The number of carbonyl (C=O) groups is 1. The molecule has 1 atom stereocenters. The summed E-state index contributed by atoms with van der Waals surface area (Å²) in [7, 11) is 1.98. The van der Waals surface area contributed by atoms with Crippen molar-refractivity contribution in [2.45, 2.75) is 40.7 Å². The number of amidine groups is 1. The van der Waals surface area contributed by atoms with Gasteiger partial charge < -0.3 is 10.6 Å². The van der Waals surface area contributed by atoms with E-state index in [0.717, 1.165) is 29.2 Å². The fraction of sp³-hybridized carbons (Fsp3) is 0.556. The Hall–Kier alpha value is -1.92. The van der Waals surface area contributed by atoms with Crippen LogP contribution in [-0.4, -0.2) is 47.8 Å². The summed E-state index contributed by atoms with van der Waals surface area (Å²) in [6, 6.07) is -0.309. The molecule has 6 heteroatoms. The minimum absolute atomic E-state index is 0.123. The minimum atomic E-state index is -0.309. The predicted molar refractivity (Wildman–Crippen MR) is 100 cm³/mol. The molecule has 0 aromatic heterocycles. The Kier molecular flexibility index (Phi) is 6.51. The quantitative estimate of drug-likeness (QED) is 0.552. The molecular weight excluding hydrogens is 302 g/mol. The van der Waals surface area contributed by atoms with E-state index >= 15 is 0 Å². The van der Waals surface area contributed by atoms with Gasteiger partial charge >= 0.3 is 0 Å². The van der Waals surface area contributed by atoms with Crippen LogP contribution < -0.4 is 11.2 Å². The van der Waals surface area contributed by atoms with Crippen molar-refractivity contribution in [3.05, 3.63) is 36.1 Å². The van der Waals surface area contributed by atoms with Gasteiger partial charge in [0.15, 0.2) is 0 Å². The second kappa shape index (κ2) is 7.77. The zero-order chi connectivity index (χ0) is 18.7. The molecule has 0 aliphatic carbocycles. The van der Waals surface area contributed by atoms with E-state index in [2.05, 4.69) is 37.5 Å². The number of nitrogens with two attached hydrogens (primary N) is 1. The lowest BCUT2D eigenvalue weighted by molar-refractivity contribution is -0.124. The van der Waals surface area contributed by atoms with Crippen LogP contribution >= 0.6 is 0 Å². The third-order valence-electron chi connectivity index (χ3n) is 4.39. The second-order valence-electron chi connectivity index (χ2n) is 7.05. The molecule has 0 fully saturated rings. The maximum absolute atomic E-state index is 11.8. The zero-order valence-corrected chi connectivity index (χ0v) is 15.8. The number of rotatable bonds is 7. The van der Waals surface area contributed by atoms with Crippen LogP contribution in [0.1, 0.15) is 34.6 Å². The van der Waals surface area contributed by atoms with Crippen molar-refractivity contribution in [3.63, 3.8) is 0 Å². The molecule has 24 heavy (non-hydrogen) atoms. The van der Waals surface area contributed by atoms with Crippen LogP contribution in [0.4, 0.5) is 0 Å². The Labute approximate surface area is 145 Å². The number of nitrogens with zero attached hydrogens (tertiary/aromatic N) is 3. The fourth-order valence-electron chi connectivity index (χ4n) is 2.92. The SMILES string of the molecule is C=C(C=C(C)N1C(C)=NNC(=O)C1C)C(=C)C(C)(C)CN(C)CN. The van der Waals surface area contributed by atoms with Gasteiger partial charge in [0, 0.05) is 24.3 Å².